The standard InChI is InChI=1S/C19H22ClN3O3/c1-13-15(20)5-3-6-16(13)21-18(24)14(2)22-8-10-23(11-9-22)19(25)17-7-4-12-26-17/h3-7,12,14H,8-11H2,1-2H3,(H,21,24)/t14-/m1/s1. The Morgan fingerprint density at radius 1 is 1.15 bits per heavy atom. The molecule has 3 rings (SSSR count). The van der Waals surface area contributed by atoms with Gasteiger partial charge < -0.3 is 14.6 Å². The highest BCUT2D eigenvalue weighted by molar-refractivity contribution is 6.31. The van der Waals surface area contributed by atoms with Crippen molar-refractivity contribution in [3.63, 3.8) is 0 Å². The van der Waals surface area contributed by atoms with Gasteiger partial charge in [-0.15, -0.1) is 0 Å². The number of furan rings is 1. The SMILES string of the molecule is Cc1c(Cl)cccc1NC(=O)[C@@H](C)N1CCN(C(=O)c2ccco2)CC1. The molecular formula is C19H22ClN3O3. The van der Waals surface area contributed by atoms with Crippen LogP contribution in [-0.4, -0.2) is 53.8 Å². The van der Waals surface area contributed by atoms with Crippen LogP contribution >= 0.6 is 11.6 Å². The maximum absolute atomic E-state index is 12.6. The van der Waals surface area contributed by atoms with E-state index in [0.29, 0.717) is 37.0 Å². The Bertz CT molecular complexity index is 783. The van der Waals surface area contributed by atoms with Crippen LogP contribution in [0.15, 0.2) is 41.0 Å². The maximum atomic E-state index is 12.6. The normalized spacial score (nSPS) is 16.3. The first-order valence-corrected chi connectivity index (χ1v) is 8.98. The Morgan fingerprint density at radius 3 is 2.54 bits per heavy atom. The summed E-state index contributed by atoms with van der Waals surface area (Å²) in [5, 5.41) is 3.57. The summed E-state index contributed by atoms with van der Waals surface area (Å²) in [6.45, 7) is 6.15. The highest BCUT2D eigenvalue weighted by Crippen LogP contribution is 2.23. The fourth-order valence-corrected chi connectivity index (χ4v) is 3.19. The Kier molecular flexibility index (Phi) is 5.64. The number of anilines is 1. The lowest BCUT2D eigenvalue weighted by molar-refractivity contribution is -0.121. The molecule has 138 valence electrons. The van der Waals surface area contributed by atoms with Gasteiger partial charge in [-0.3, -0.25) is 14.5 Å². The number of nitrogens with one attached hydrogen (secondary N) is 1. The topological polar surface area (TPSA) is 65.8 Å². The second kappa shape index (κ2) is 7.93. The van der Waals surface area contributed by atoms with Crippen molar-refractivity contribution in [3.8, 4) is 0 Å². The third kappa shape index (κ3) is 3.92. The van der Waals surface area contributed by atoms with E-state index in [-0.39, 0.29) is 17.9 Å². The lowest BCUT2D eigenvalue weighted by Crippen LogP contribution is -2.54. The summed E-state index contributed by atoms with van der Waals surface area (Å²) < 4.78 is 5.17. The molecule has 2 heterocycles. The summed E-state index contributed by atoms with van der Waals surface area (Å²) in [6, 6.07) is 8.52. The Hall–Kier alpha value is -2.31. The van der Waals surface area contributed by atoms with Crippen molar-refractivity contribution < 1.29 is 14.0 Å². The molecule has 0 saturated carbocycles. The highest BCUT2D eigenvalue weighted by Gasteiger charge is 2.28. The number of halogens is 1. The number of piperazine rings is 1. The molecule has 1 aliphatic heterocycles. The number of amides is 2. The fourth-order valence-electron chi connectivity index (χ4n) is 3.01. The van der Waals surface area contributed by atoms with E-state index in [4.69, 9.17) is 16.0 Å². The van der Waals surface area contributed by atoms with Gasteiger partial charge in [-0.1, -0.05) is 17.7 Å². The van der Waals surface area contributed by atoms with Gasteiger partial charge in [0.1, 0.15) is 0 Å². The average molecular weight is 376 g/mol. The Labute approximate surface area is 157 Å². The molecule has 0 bridgehead atoms. The van der Waals surface area contributed by atoms with E-state index >= 15 is 0 Å². The maximum Gasteiger partial charge on any atom is 0.289 e. The molecule has 1 fully saturated rings. The van der Waals surface area contributed by atoms with Gasteiger partial charge in [0, 0.05) is 36.9 Å². The number of carbonyl (C=O) groups excluding carboxylic acids is 2. The van der Waals surface area contributed by atoms with Crippen LogP contribution in [0.4, 0.5) is 5.69 Å². The lowest BCUT2D eigenvalue weighted by Gasteiger charge is -2.37. The molecule has 2 amide bonds. The summed E-state index contributed by atoms with van der Waals surface area (Å²) in [6.07, 6.45) is 1.49. The van der Waals surface area contributed by atoms with Crippen LogP contribution in [0.25, 0.3) is 0 Å². The van der Waals surface area contributed by atoms with Crippen LogP contribution < -0.4 is 5.32 Å². The smallest absolute Gasteiger partial charge is 0.289 e. The van der Waals surface area contributed by atoms with Gasteiger partial charge in [0.2, 0.25) is 5.91 Å². The van der Waals surface area contributed by atoms with Crippen LogP contribution in [0.1, 0.15) is 23.0 Å². The molecule has 26 heavy (non-hydrogen) atoms. The second-order valence-corrected chi connectivity index (χ2v) is 6.79. The quantitative estimate of drug-likeness (QED) is 0.892. The number of hydrogen-bond donors (Lipinski definition) is 1. The van der Waals surface area contributed by atoms with Gasteiger partial charge in [-0.05, 0) is 43.7 Å². The van der Waals surface area contributed by atoms with Gasteiger partial charge in [0.15, 0.2) is 5.76 Å². The fraction of sp³-hybridized carbons (Fsp3) is 0.368. The van der Waals surface area contributed by atoms with Crippen LogP contribution in [-0.2, 0) is 4.79 Å². The van der Waals surface area contributed by atoms with E-state index in [0.717, 1.165) is 11.3 Å². The van der Waals surface area contributed by atoms with Gasteiger partial charge in [0.25, 0.3) is 5.91 Å². The zero-order chi connectivity index (χ0) is 18.7. The van der Waals surface area contributed by atoms with E-state index < -0.39 is 0 Å². The van der Waals surface area contributed by atoms with Gasteiger partial charge in [0.05, 0.1) is 12.3 Å². The largest absolute Gasteiger partial charge is 0.459 e. The number of hydrogen-bond acceptors (Lipinski definition) is 4. The predicted octanol–water partition coefficient (Wildman–Crippen LogP) is 3.03. The Balaban J connectivity index is 1.56. The lowest BCUT2D eigenvalue weighted by atomic mass is 10.1. The zero-order valence-electron chi connectivity index (χ0n) is 14.9. The van der Waals surface area contributed by atoms with Crippen molar-refractivity contribution >= 4 is 29.1 Å². The van der Waals surface area contributed by atoms with Crippen molar-refractivity contribution in [3.05, 3.63) is 52.9 Å². The predicted molar refractivity (Wildman–Crippen MR) is 100 cm³/mol. The van der Waals surface area contributed by atoms with Crippen molar-refractivity contribution in [2.24, 2.45) is 0 Å². The molecule has 0 spiro atoms. The molecule has 7 heteroatoms. The molecule has 1 N–H and O–H groups in total. The molecule has 0 radical (unpaired) electrons. The Morgan fingerprint density at radius 2 is 1.88 bits per heavy atom. The van der Waals surface area contributed by atoms with Crippen molar-refractivity contribution in [1.29, 1.82) is 0 Å². The first-order chi connectivity index (χ1) is 12.5. The molecule has 1 aromatic heterocycles. The molecule has 0 unspecified atom stereocenters. The van der Waals surface area contributed by atoms with E-state index in [2.05, 4.69) is 10.2 Å². The third-order valence-electron chi connectivity index (χ3n) is 4.79. The molecule has 1 aromatic carbocycles. The summed E-state index contributed by atoms with van der Waals surface area (Å²) in [4.78, 5) is 28.7. The monoisotopic (exact) mass is 375 g/mol. The van der Waals surface area contributed by atoms with E-state index in [1.165, 1.54) is 6.26 Å². The minimum atomic E-state index is -0.297. The minimum absolute atomic E-state index is 0.0822. The second-order valence-electron chi connectivity index (χ2n) is 6.38. The summed E-state index contributed by atoms with van der Waals surface area (Å²) >= 11 is 6.11. The van der Waals surface area contributed by atoms with E-state index in [1.54, 1.807) is 23.1 Å². The van der Waals surface area contributed by atoms with Gasteiger partial charge >= 0.3 is 0 Å². The molecule has 1 saturated heterocycles. The van der Waals surface area contributed by atoms with Gasteiger partial charge in [-0.2, -0.15) is 0 Å². The van der Waals surface area contributed by atoms with Gasteiger partial charge in [-0.25, -0.2) is 0 Å². The molecule has 1 aliphatic rings. The van der Waals surface area contributed by atoms with Crippen LogP contribution in [0.3, 0.4) is 0 Å². The summed E-state index contributed by atoms with van der Waals surface area (Å²) in [5.74, 6) is 0.156. The third-order valence-corrected chi connectivity index (χ3v) is 5.20. The minimum Gasteiger partial charge on any atom is -0.459 e. The van der Waals surface area contributed by atoms with E-state index in [9.17, 15) is 9.59 Å². The molecule has 0 aliphatic carbocycles. The molecule has 1 atom stereocenters. The van der Waals surface area contributed by atoms with Crippen molar-refractivity contribution in [1.82, 2.24) is 9.80 Å². The van der Waals surface area contributed by atoms with Crippen molar-refractivity contribution in [2.45, 2.75) is 19.9 Å². The van der Waals surface area contributed by atoms with Crippen LogP contribution in [0, 0.1) is 6.92 Å². The number of carbonyl (C=O) groups is 2. The summed E-state index contributed by atoms with van der Waals surface area (Å²) in [5.41, 5.74) is 1.57. The first kappa shape index (κ1) is 18.5. The average Bonchev–Trinajstić information content (AvgIpc) is 3.19. The molecule has 6 nitrogen and oxygen atoms in total. The zero-order valence-corrected chi connectivity index (χ0v) is 15.6. The number of rotatable bonds is 4. The first-order valence-electron chi connectivity index (χ1n) is 8.60. The molecule has 2 aromatic rings. The van der Waals surface area contributed by atoms with E-state index in [1.807, 2.05) is 26.0 Å². The highest BCUT2D eigenvalue weighted by atomic mass is 35.5. The molecular weight excluding hydrogens is 354 g/mol. The summed E-state index contributed by atoms with van der Waals surface area (Å²) in [7, 11) is 0. The van der Waals surface area contributed by atoms with Crippen molar-refractivity contribution in [2.75, 3.05) is 31.5 Å². The number of benzene rings is 1. The van der Waals surface area contributed by atoms with Crippen LogP contribution in [0.2, 0.25) is 5.02 Å². The van der Waals surface area contributed by atoms with Crippen LogP contribution in [0.5, 0.6) is 0 Å². The number of nitrogens with zero attached hydrogens (tertiary/aromatic N) is 2.